The molecule has 1 heterocycles. The fourth-order valence-corrected chi connectivity index (χ4v) is 1.67. The highest BCUT2D eigenvalue weighted by Crippen LogP contribution is 2.25. The van der Waals surface area contributed by atoms with Crippen LogP contribution >= 0.6 is 0 Å². The van der Waals surface area contributed by atoms with E-state index in [-0.39, 0.29) is 5.82 Å². The van der Waals surface area contributed by atoms with Crippen LogP contribution in [0.1, 0.15) is 18.1 Å². The molecular formula is C15H17FN2O. The second kappa shape index (κ2) is 6.29. The van der Waals surface area contributed by atoms with E-state index in [1.54, 1.807) is 37.5 Å². The first-order valence-corrected chi connectivity index (χ1v) is 6.28. The van der Waals surface area contributed by atoms with Crippen molar-refractivity contribution in [2.45, 2.75) is 20.4 Å². The van der Waals surface area contributed by atoms with Crippen LogP contribution in [0.2, 0.25) is 0 Å². The van der Waals surface area contributed by atoms with Crippen molar-refractivity contribution in [1.29, 1.82) is 0 Å². The number of nitrogens with one attached hydrogen (secondary N) is 1. The molecule has 1 aromatic carbocycles. The highest BCUT2D eigenvalue weighted by atomic mass is 19.1. The maximum absolute atomic E-state index is 13.5. The maximum atomic E-state index is 13.5. The lowest BCUT2D eigenvalue weighted by atomic mass is 10.2. The Kier molecular flexibility index (Phi) is 4.47. The van der Waals surface area contributed by atoms with Crippen molar-refractivity contribution in [3.8, 4) is 11.5 Å². The summed E-state index contributed by atoms with van der Waals surface area (Å²) in [6, 6.07) is 6.64. The number of hydrogen-bond donors (Lipinski definition) is 1. The van der Waals surface area contributed by atoms with Gasteiger partial charge in [-0.15, -0.1) is 0 Å². The lowest BCUT2D eigenvalue weighted by molar-refractivity contribution is 0.466. The second-order valence-electron chi connectivity index (χ2n) is 4.28. The van der Waals surface area contributed by atoms with E-state index in [1.165, 1.54) is 6.07 Å². The van der Waals surface area contributed by atoms with Crippen LogP contribution in [0.25, 0.3) is 0 Å². The molecule has 0 spiro atoms. The van der Waals surface area contributed by atoms with Crippen LogP contribution in [-0.2, 0) is 6.54 Å². The van der Waals surface area contributed by atoms with Gasteiger partial charge in [-0.3, -0.25) is 4.98 Å². The first-order chi connectivity index (χ1) is 9.20. The standard InChI is InChI=1S/C15H17FN2O/c1-3-17-9-12-10-18-7-6-15(12)19-13-5-4-11(2)14(16)8-13/h4-8,10,17H,3,9H2,1-2H3. The number of benzene rings is 1. The predicted octanol–water partition coefficient (Wildman–Crippen LogP) is 3.43. The van der Waals surface area contributed by atoms with Crippen LogP contribution in [0.4, 0.5) is 4.39 Å². The van der Waals surface area contributed by atoms with Crippen molar-refractivity contribution >= 4 is 0 Å². The number of halogens is 1. The molecule has 100 valence electrons. The number of pyridine rings is 1. The Morgan fingerprint density at radius 1 is 1.32 bits per heavy atom. The zero-order valence-electron chi connectivity index (χ0n) is 11.1. The van der Waals surface area contributed by atoms with Crippen molar-refractivity contribution in [3.05, 3.63) is 53.6 Å². The summed E-state index contributed by atoms with van der Waals surface area (Å²) < 4.78 is 19.2. The van der Waals surface area contributed by atoms with E-state index in [1.807, 2.05) is 6.92 Å². The molecule has 19 heavy (non-hydrogen) atoms. The molecule has 1 N–H and O–H groups in total. The molecule has 4 heteroatoms. The van der Waals surface area contributed by atoms with Crippen LogP contribution < -0.4 is 10.1 Å². The smallest absolute Gasteiger partial charge is 0.134 e. The van der Waals surface area contributed by atoms with Gasteiger partial charge in [0.25, 0.3) is 0 Å². The summed E-state index contributed by atoms with van der Waals surface area (Å²) in [6.45, 7) is 5.30. The van der Waals surface area contributed by atoms with Gasteiger partial charge < -0.3 is 10.1 Å². The van der Waals surface area contributed by atoms with Crippen LogP contribution in [-0.4, -0.2) is 11.5 Å². The van der Waals surface area contributed by atoms with Crippen molar-refractivity contribution < 1.29 is 9.13 Å². The molecule has 0 atom stereocenters. The van der Waals surface area contributed by atoms with Gasteiger partial charge in [-0.1, -0.05) is 13.0 Å². The molecule has 0 amide bonds. The summed E-state index contributed by atoms with van der Waals surface area (Å²) in [5.74, 6) is 0.922. The number of hydrogen-bond acceptors (Lipinski definition) is 3. The van der Waals surface area contributed by atoms with E-state index in [4.69, 9.17) is 4.74 Å². The Morgan fingerprint density at radius 3 is 2.89 bits per heavy atom. The van der Waals surface area contributed by atoms with Crippen LogP contribution in [0, 0.1) is 12.7 Å². The number of aromatic nitrogens is 1. The molecule has 2 rings (SSSR count). The summed E-state index contributed by atoms with van der Waals surface area (Å²) in [5.41, 5.74) is 1.56. The van der Waals surface area contributed by atoms with E-state index in [0.717, 1.165) is 12.1 Å². The molecular weight excluding hydrogens is 243 g/mol. The highest BCUT2D eigenvalue weighted by molar-refractivity contribution is 5.37. The average Bonchev–Trinajstić information content (AvgIpc) is 2.42. The molecule has 0 fully saturated rings. The summed E-state index contributed by atoms with van der Waals surface area (Å²) in [5, 5.41) is 3.22. The lowest BCUT2D eigenvalue weighted by Crippen LogP contribution is -2.12. The second-order valence-corrected chi connectivity index (χ2v) is 4.28. The average molecular weight is 260 g/mol. The van der Waals surface area contributed by atoms with Crippen molar-refractivity contribution in [2.75, 3.05) is 6.54 Å². The number of ether oxygens (including phenoxy) is 1. The normalized spacial score (nSPS) is 10.5. The topological polar surface area (TPSA) is 34.2 Å². The zero-order chi connectivity index (χ0) is 13.7. The largest absolute Gasteiger partial charge is 0.457 e. The van der Waals surface area contributed by atoms with Crippen molar-refractivity contribution in [3.63, 3.8) is 0 Å². The molecule has 1 aromatic heterocycles. The Bertz CT molecular complexity index is 558. The summed E-state index contributed by atoms with van der Waals surface area (Å²) in [4.78, 5) is 4.08. The van der Waals surface area contributed by atoms with E-state index in [9.17, 15) is 4.39 Å². The maximum Gasteiger partial charge on any atom is 0.134 e. The Labute approximate surface area is 112 Å². The Balaban J connectivity index is 2.20. The molecule has 0 aliphatic rings. The minimum atomic E-state index is -0.264. The SMILES string of the molecule is CCNCc1cnccc1Oc1ccc(C)c(F)c1. The third kappa shape index (κ3) is 3.51. The van der Waals surface area contributed by atoms with E-state index < -0.39 is 0 Å². The van der Waals surface area contributed by atoms with Crippen LogP contribution in [0.3, 0.4) is 0 Å². The molecule has 0 unspecified atom stereocenters. The van der Waals surface area contributed by atoms with E-state index >= 15 is 0 Å². The first kappa shape index (κ1) is 13.5. The monoisotopic (exact) mass is 260 g/mol. The number of nitrogens with zero attached hydrogens (tertiary/aromatic N) is 1. The number of aryl methyl sites for hydroxylation is 1. The summed E-state index contributed by atoms with van der Waals surface area (Å²) in [7, 11) is 0. The van der Waals surface area contributed by atoms with Crippen molar-refractivity contribution in [2.24, 2.45) is 0 Å². The molecule has 0 bridgehead atoms. The van der Waals surface area contributed by atoms with Gasteiger partial charge >= 0.3 is 0 Å². The van der Waals surface area contributed by atoms with Crippen LogP contribution in [0.15, 0.2) is 36.7 Å². The van der Waals surface area contributed by atoms with Gasteiger partial charge in [-0.25, -0.2) is 4.39 Å². The third-order valence-corrected chi connectivity index (χ3v) is 2.80. The van der Waals surface area contributed by atoms with Gasteiger partial charge in [-0.2, -0.15) is 0 Å². The molecule has 0 saturated carbocycles. The molecule has 0 radical (unpaired) electrons. The minimum Gasteiger partial charge on any atom is -0.457 e. The zero-order valence-corrected chi connectivity index (χ0v) is 11.1. The van der Waals surface area contributed by atoms with Crippen molar-refractivity contribution in [1.82, 2.24) is 10.3 Å². The number of rotatable bonds is 5. The fourth-order valence-electron chi connectivity index (χ4n) is 1.67. The third-order valence-electron chi connectivity index (χ3n) is 2.80. The van der Waals surface area contributed by atoms with E-state index in [0.29, 0.717) is 23.6 Å². The molecule has 0 aliphatic carbocycles. The lowest BCUT2D eigenvalue weighted by Gasteiger charge is -2.11. The van der Waals surface area contributed by atoms with Gasteiger partial charge in [0, 0.05) is 30.6 Å². The predicted molar refractivity (Wildman–Crippen MR) is 72.8 cm³/mol. The van der Waals surface area contributed by atoms with Gasteiger partial charge in [0.15, 0.2) is 0 Å². The molecule has 2 aromatic rings. The fraction of sp³-hybridized carbons (Fsp3) is 0.267. The van der Waals surface area contributed by atoms with Gasteiger partial charge in [0.1, 0.15) is 17.3 Å². The Hall–Kier alpha value is -1.94. The highest BCUT2D eigenvalue weighted by Gasteiger charge is 2.06. The van der Waals surface area contributed by atoms with E-state index in [2.05, 4.69) is 10.3 Å². The van der Waals surface area contributed by atoms with Gasteiger partial charge in [-0.05, 0) is 31.2 Å². The molecule has 0 saturated heterocycles. The molecule has 0 aliphatic heterocycles. The Morgan fingerprint density at radius 2 is 2.16 bits per heavy atom. The summed E-state index contributed by atoms with van der Waals surface area (Å²) in [6.07, 6.45) is 3.41. The molecule has 3 nitrogen and oxygen atoms in total. The van der Waals surface area contributed by atoms with Crippen LogP contribution in [0.5, 0.6) is 11.5 Å². The quantitative estimate of drug-likeness (QED) is 0.894. The van der Waals surface area contributed by atoms with Gasteiger partial charge in [0.2, 0.25) is 0 Å². The summed E-state index contributed by atoms with van der Waals surface area (Å²) >= 11 is 0. The first-order valence-electron chi connectivity index (χ1n) is 6.28. The minimum absolute atomic E-state index is 0.264. The van der Waals surface area contributed by atoms with Gasteiger partial charge in [0.05, 0.1) is 0 Å².